The summed E-state index contributed by atoms with van der Waals surface area (Å²) in [5.74, 6) is 1.05. The molecule has 2 N–H and O–H groups in total. The molecule has 0 aliphatic carbocycles. The quantitative estimate of drug-likeness (QED) is 0.825. The van der Waals surface area contributed by atoms with Crippen molar-refractivity contribution in [2.75, 3.05) is 6.54 Å². The van der Waals surface area contributed by atoms with E-state index in [0.717, 1.165) is 30.7 Å². The first kappa shape index (κ1) is 16.1. The van der Waals surface area contributed by atoms with Crippen molar-refractivity contribution in [3.05, 3.63) is 54.0 Å². The molecule has 1 aromatic carbocycles. The summed E-state index contributed by atoms with van der Waals surface area (Å²) in [6.45, 7) is 3.13. The van der Waals surface area contributed by atoms with Crippen molar-refractivity contribution in [2.24, 2.45) is 0 Å². The van der Waals surface area contributed by atoms with Crippen LogP contribution in [0.1, 0.15) is 35.9 Å². The number of hydrogen-bond acceptors (Lipinski definition) is 4. The molecule has 2 atom stereocenters. The van der Waals surface area contributed by atoms with Gasteiger partial charge in [-0.3, -0.25) is 4.79 Å². The van der Waals surface area contributed by atoms with E-state index < -0.39 is 0 Å². The first-order chi connectivity index (χ1) is 11.2. The fourth-order valence-electron chi connectivity index (χ4n) is 2.80. The molecule has 1 aliphatic rings. The van der Waals surface area contributed by atoms with Gasteiger partial charge in [-0.05, 0) is 44.5 Å². The summed E-state index contributed by atoms with van der Waals surface area (Å²) in [6, 6.07) is 12.5. The van der Waals surface area contributed by atoms with Gasteiger partial charge in [0.2, 0.25) is 0 Å². The topological polar surface area (TPSA) is 54.3 Å². The average molecular weight is 330 g/mol. The predicted molar refractivity (Wildman–Crippen MR) is 92.7 cm³/mol. The van der Waals surface area contributed by atoms with Gasteiger partial charge in [0, 0.05) is 28.3 Å². The van der Waals surface area contributed by atoms with Crippen LogP contribution in [0.5, 0.6) is 0 Å². The van der Waals surface area contributed by atoms with Gasteiger partial charge in [-0.25, -0.2) is 0 Å². The maximum atomic E-state index is 12.5. The van der Waals surface area contributed by atoms with E-state index in [0.29, 0.717) is 11.8 Å². The SMILES string of the molecule is CC1NCCCC1NC(=O)c1occc1CSc1ccccc1. The molecule has 0 spiro atoms. The van der Waals surface area contributed by atoms with E-state index in [2.05, 4.69) is 29.7 Å². The van der Waals surface area contributed by atoms with Gasteiger partial charge >= 0.3 is 0 Å². The van der Waals surface area contributed by atoms with Gasteiger partial charge in [-0.15, -0.1) is 11.8 Å². The molecule has 5 heteroatoms. The molecule has 1 saturated heterocycles. The highest BCUT2D eigenvalue weighted by Gasteiger charge is 2.25. The van der Waals surface area contributed by atoms with Crippen LogP contribution in [0.2, 0.25) is 0 Å². The Labute approximate surface area is 141 Å². The average Bonchev–Trinajstić information content (AvgIpc) is 3.05. The highest BCUT2D eigenvalue weighted by atomic mass is 32.2. The number of amides is 1. The number of carbonyl (C=O) groups is 1. The van der Waals surface area contributed by atoms with Crippen LogP contribution in [0.25, 0.3) is 0 Å². The molecule has 2 heterocycles. The van der Waals surface area contributed by atoms with Crippen molar-refractivity contribution < 1.29 is 9.21 Å². The van der Waals surface area contributed by atoms with Crippen LogP contribution < -0.4 is 10.6 Å². The minimum atomic E-state index is -0.112. The van der Waals surface area contributed by atoms with Crippen LogP contribution in [-0.2, 0) is 5.75 Å². The zero-order valence-electron chi connectivity index (χ0n) is 13.2. The molecule has 1 aliphatic heterocycles. The molecule has 0 bridgehead atoms. The first-order valence-electron chi connectivity index (χ1n) is 8.02. The monoisotopic (exact) mass is 330 g/mol. The van der Waals surface area contributed by atoms with E-state index in [4.69, 9.17) is 4.42 Å². The predicted octanol–water partition coefficient (Wildman–Crippen LogP) is 3.44. The summed E-state index contributed by atoms with van der Waals surface area (Å²) < 4.78 is 5.45. The summed E-state index contributed by atoms with van der Waals surface area (Å²) in [4.78, 5) is 13.7. The summed E-state index contributed by atoms with van der Waals surface area (Å²) in [7, 11) is 0. The van der Waals surface area contributed by atoms with Gasteiger partial charge in [0.1, 0.15) is 0 Å². The maximum absolute atomic E-state index is 12.5. The van der Waals surface area contributed by atoms with E-state index in [9.17, 15) is 4.79 Å². The smallest absolute Gasteiger partial charge is 0.287 e. The summed E-state index contributed by atoms with van der Waals surface area (Å²) in [6.07, 6.45) is 3.69. The zero-order chi connectivity index (χ0) is 16.1. The molecule has 4 nitrogen and oxygen atoms in total. The minimum absolute atomic E-state index is 0.112. The molecule has 23 heavy (non-hydrogen) atoms. The van der Waals surface area contributed by atoms with Gasteiger partial charge in [0.25, 0.3) is 5.91 Å². The van der Waals surface area contributed by atoms with Crippen LogP contribution in [0.3, 0.4) is 0 Å². The minimum Gasteiger partial charge on any atom is -0.459 e. The molecular formula is C18H22N2O2S. The zero-order valence-corrected chi connectivity index (χ0v) is 14.1. The highest BCUT2D eigenvalue weighted by Crippen LogP contribution is 2.25. The van der Waals surface area contributed by atoms with Crippen LogP contribution >= 0.6 is 11.8 Å². The van der Waals surface area contributed by atoms with Crippen molar-refractivity contribution in [2.45, 2.75) is 42.5 Å². The van der Waals surface area contributed by atoms with Crippen LogP contribution in [0.4, 0.5) is 0 Å². The highest BCUT2D eigenvalue weighted by molar-refractivity contribution is 7.98. The molecular weight excluding hydrogens is 308 g/mol. The standard InChI is InChI=1S/C18H22N2O2S/c1-13-16(8-5-10-19-13)20-18(21)17-14(9-11-22-17)12-23-15-6-3-2-4-7-15/h2-4,6-7,9,11,13,16,19H,5,8,10,12H2,1H3,(H,20,21). The maximum Gasteiger partial charge on any atom is 0.287 e. The Hall–Kier alpha value is -1.72. The van der Waals surface area contributed by atoms with E-state index in [1.807, 2.05) is 24.3 Å². The third kappa shape index (κ3) is 4.18. The number of hydrogen-bond donors (Lipinski definition) is 2. The largest absolute Gasteiger partial charge is 0.459 e. The Kier molecular flexibility index (Phi) is 5.41. The molecule has 1 aromatic heterocycles. The van der Waals surface area contributed by atoms with E-state index >= 15 is 0 Å². The molecule has 0 saturated carbocycles. The lowest BCUT2D eigenvalue weighted by Gasteiger charge is -2.30. The second-order valence-electron chi connectivity index (χ2n) is 5.84. The molecule has 2 unspecified atom stereocenters. The second-order valence-corrected chi connectivity index (χ2v) is 6.89. The van der Waals surface area contributed by atoms with Crippen LogP contribution in [0.15, 0.2) is 52.0 Å². The summed E-state index contributed by atoms with van der Waals surface area (Å²) in [5.41, 5.74) is 0.938. The van der Waals surface area contributed by atoms with Crippen molar-refractivity contribution in [3.8, 4) is 0 Å². The van der Waals surface area contributed by atoms with Gasteiger partial charge in [-0.2, -0.15) is 0 Å². The lowest BCUT2D eigenvalue weighted by atomic mass is 10.00. The molecule has 0 radical (unpaired) electrons. The van der Waals surface area contributed by atoms with Gasteiger partial charge in [0.05, 0.1) is 6.26 Å². The molecule has 122 valence electrons. The third-order valence-electron chi connectivity index (χ3n) is 4.17. The van der Waals surface area contributed by atoms with Crippen molar-refractivity contribution >= 4 is 17.7 Å². The Bertz CT molecular complexity index is 641. The van der Waals surface area contributed by atoms with Crippen LogP contribution in [-0.4, -0.2) is 24.5 Å². The number of carbonyl (C=O) groups excluding carboxylic acids is 1. The van der Waals surface area contributed by atoms with E-state index in [1.54, 1.807) is 18.0 Å². The molecule has 3 rings (SSSR count). The Balaban J connectivity index is 1.62. The number of piperidine rings is 1. The number of nitrogens with one attached hydrogen (secondary N) is 2. The fourth-order valence-corrected chi connectivity index (χ4v) is 3.70. The third-order valence-corrected chi connectivity index (χ3v) is 5.23. The summed E-state index contributed by atoms with van der Waals surface area (Å²) >= 11 is 1.70. The lowest BCUT2D eigenvalue weighted by Crippen LogP contribution is -2.51. The number of benzene rings is 1. The number of rotatable bonds is 5. The Morgan fingerprint density at radius 3 is 2.96 bits per heavy atom. The van der Waals surface area contributed by atoms with Crippen molar-refractivity contribution in [3.63, 3.8) is 0 Å². The van der Waals surface area contributed by atoms with Crippen LogP contribution in [0, 0.1) is 0 Å². The van der Waals surface area contributed by atoms with E-state index in [-0.39, 0.29) is 11.9 Å². The van der Waals surface area contributed by atoms with Gasteiger partial charge in [0.15, 0.2) is 5.76 Å². The lowest BCUT2D eigenvalue weighted by molar-refractivity contribution is 0.0890. The van der Waals surface area contributed by atoms with E-state index in [1.165, 1.54) is 4.90 Å². The second kappa shape index (κ2) is 7.70. The Morgan fingerprint density at radius 1 is 1.35 bits per heavy atom. The summed E-state index contributed by atoms with van der Waals surface area (Å²) in [5, 5.41) is 6.50. The number of thioether (sulfide) groups is 1. The number of furan rings is 1. The first-order valence-corrected chi connectivity index (χ1v) is 9.01. The van der Waals surface area contributed by atoms with Gasteiger partial charge < -0.3 is 15.1 Å². The molecule has 1 amide bonds. The Morgan fingerprint density at radius 2 is 2.17 bits per heavy atom. The van der Waals surface area contributed by atoms with Crippen molar-refractivity contribution in [1.29, 1.82) is 0 Å². The van der Waals surface area contributed by atoms with Crippen molar-refractivity contribution in [1.82, 2.24) is 10.6 Å². The molecule has 2 aromatic rings. The normalized spacial score (nSPS) is 21.1. The fraction of sp³-hybridized carbons (Fsp3) is 0.389. The van der Waals surface area contributed by atoms with Gasteiger partial charge in [-0.1, -0.05) is 18.2 Å². The molecule has 1 fully saturated rings.